The standard InChI is InChI=1S/C14H21N3O3/c1-4-20-11-6-10(14(11,2)3)17-12-5-8(13(18)19)9(15)7-16-12/h5,7,10-11H,4,6,15H2,1-3H3,(H,16,17)(H,18,19). The normalized spacial score (nSPS) is 23.9. The predicted octanol–water partition coefficient (Wildman–Crippen LogP) is 1.98. The Bertz CT molecular complexity index is 516. The van der Waals surface area contributed by atoms with E-state index in [-0.39, 0.29) is 28.8 Å². The van der Waals surface area contributed by atoms with Gasteiger partial charge < -0.3 is 20.9 Å². The molecule has 2 rings (SSSR count). The molecule has 1 aliphatic carbocycles. The van der Waals surface area contributed by atoms with Gasteiger partial charge in [-0.1, -0.05) is 13.8 Å². The average Bonchev–Trinajstić information content (AvgIpc) is 2.39. The van der Waals surface area contributed by atoms with Gasteiger partial charge in [-0.25, -0.2) is 9.78 Å². The van der Waals surface area contributed by atoms with Crippen molar-refractivity contribution in [3.8, 4) is 0 Å². The molecule has 0 bridgehead atoms. The lowest BCUT2D eigenvalue weighted by Gasteiger charge is -2.51. The number of ether oxygens (including phenoxy) is 1. The van der Waals surface area contributed by atoms with Crippen molar-refractivity contribution in [2.75, 3.05) is 17.7 Å². The highest BCUT2D eigenvalue weighted by atomic mass is 16.5. The van der Waals surface area contributed by atoms with Gasteiger partial charge in [0, 0.05) is 18.1 Å². The Kier molecular flexibility index (Phi) is 3.85. The second kappa shape index (κ2) is 5.28. The van der Waals surface area contributed by atoms with Gasteiger partial charge in [0.05, 0.1) is 23.6 Å². The number of carbonyl (C=O) groups is 1. The highest BCUT2D eigenvalue weighted by molar-refractivity contribution is 5.94. The summed E-state index contributed by atoms with van der Waals surface area (Å²) in [6, 6.07) is 1.68. The number of nitrogens with zero attached hydrogens (tertiary/aromatic N) is 1. The van der Waals surface area contributed by atoms with Gasteiger partial charge in [-0.05, 0) is 19.4 Å². The van der Waals surface area contributed by atoms with Crippen LogP contribution < -0.4 is 11.1 Å². The molecule has 0 radical (unpaired) electrons. The number of hydrogen-bond acceptors (Lipinski definition) is 5. The van der Waals surface area contributed by atoms with Crippen LogP contribution in [0.15, 0.2) is 12.3 Å². The van der Waals surface area contributed by atoms with Gasteiger partial charge in [0.25, 0.3) is 0 Å². The maximum atomic E-state index is 11.1. The van der Waals surface area contributed by atoms with E-state index in [2.05, 4.69) is 24.1 Å². The van der Waals surface area contributed by atoms with Crippen LogP contribution >= 0.6 is 0 Å². The molecule has 0 spiro atoms. The highest BCUT2D eigenvalue weighted by Crippen LogP contribution is 2.44. The van der Waals surface area contributed by atoms with Crippen molar-refractivity contribution in [3.05, 3.63) is 17.8 Å². The van der Waals surface area contributed by atoms with Crippen molar-refractivity contribution in [2.24, 2.45) is 5.41 Å². The van der Waals surface area contributed by atoms with Crippen molar-refractivity contribution in [2.45, 2.75) is 39.3 Å². The van der Waals surface area contributed by atoms with Crippen LogP contribution in [0.5, 0.6) is 0 Å². The van der Waals surface area contributed by atoms with E-state index in [1.165, 1.54) is 12.3 Å². The number of hydrogen-bond donors (Lipinski definition) is 3. The maximum absolute atomic E-state index is 11.1. The first kappa shape index (κ1) is 14.6. The molecular formula is C14H21N3O3. The summed E-state index contributed by atoms with van der Waals surface area (Å²) in [5.74, 6) is -0.516. The van der Waals surface area contributed by atoms with E-state index in [0.29, 0.717) is 12.4 Å². The molecule has 0 aliphatic heterocycles. The molecule has 2 unspecified atom stereocenters. The Hall–Kier alpha value is -1.82. The quantitative estimate of drug-likeness (QED) is 0.762. The van der Waals surface area contributed by atoms with E-state index >= 15 is 0 Å². The molecule has 1 aromatic heterocycles. The van der Waals surface area contributed by atoms with Crippen LogP contribution in [0.4, 0.5) is 11.5 Å². The van der Waals surface area contributed by atoms with E-state index < -0.39 is 5.97 Å². The number of rotatable bonds is 5. The van der Waals surface area contributed by atoms with Crippen molar-refractivity contribution in [1.82, 2.24) is 4.98 Å². The first-order chi connectivity index (χ1) is 9.36. The molecule has 110 valence electrons. The third-order valence-corrected chi connectivity index (χ3v) is 4.03. The third kappa shape index (κ3) is 2.56. The summed E-state index contributed by atoms with van der Waals surface area (Å²) in [5, 5.41) is 12.3. The van der Waals surface area contributed by atoms with E-state index in [0.717, 1.165) is 6.42 Å². The number of pyridine rings is 1. The summed E-state index contributed by atoms with van der Waals surface area (Å²) in [4.78, 5) is 15.2. The van der Waals surface area contributed by atoms with Crippen LogP contribution in [0.1, 0.15) is 37.6 Å². The van der Waals surface area contributed by atoms with Crippen LogP contribution in [0.25, 0.3) is 0 Å². The Morgan fingerprint density at radius 3 is 2.90 bits per heavy atom. The Morgan fingerprint density at radius 2 is 2.35 bits per heavy atom. The first-order valence-corrected chi connectivity index (χ1v) is 6.73. The minimum atomic E-state index is -1.05. The topological polar surface area (TPSA) is 97.5 Å². The lowest BCUT2D eigenvalue weighted by Crippen LogP contribution is -2.58. The number of aromatic carboxylic acids is 1. The smallest absolute Gasteiger partial charge is 0.337 e. The van der Waals surface area contributed by atoms with E-state index in [4.69, 9.17) is 15.6 Å². The lowest BCUT2D eigenvalue weighted by atomic mass is 9.64. The molecule has 1 aromatic rings. The van der Waals surface area contributed by atoms with Crippen LogP contribution in [0.2, 0.25) is 0 Å². The number of nitrogens with one attached hydrogen (secondary N) is 1. The molecule has 6 heteroatoms. The molecule has 6 nitrogen and oxygen atoms in total. The van der Waals surface area contributed by atoms with Crippen LogP contribution in [-0.4, -0.2) is 34.8 Å². The molecule has 4 N–H and O–H groups in total. The van der Waals surface area contributed by atoms with E-state index in [9.17, 15) is 4.79 Å². The summed E-state index contributed by atoms with van der Waals surface area (Å²) in [5.41, 5.74) is 5.82. The third-order valence-electron chi connectivity index (χ3n) is 4.03. The fourth-order valence-electron chi connectivity index (χ4n) is 2.52. The first-order valence-electron chi connectivity index (χ1n) is 6.73. The van der Waals surface area contributed by atoms with Gasteiger partial charge in [-0.2, -0.15) is 0 Å². The second-order valence-electron chi connectivity index (χ2n) is 5.66. The zero-order valence-electron chi connectivity index (χ0n) is 12.0. The monoisotopic (exact) mass is 279 g/mol. The molecule has 0 saturated heterocycles. The highest BCUT2D eigenvalue weighted by Gasteiger charge is 2.49. The SMILES string of the molecule is CCOC1CC(Nc2cc(C(=O)O)c(N)cn2)C1(C)C. The molecule has 1 aliphatic rings. The summed E-state index contributed by atoms with van der Waals surface area (Å²) in [6.45, 7) is 6.94. The van der Waals surface area contributed by atoms with Gasteiger partial charge in [-0.3, -0.25) is 0 Å². The number of aromatic nitrogens is 1. The fourth-order valence-corrected chi connectivity index (χ4v) is 2.52. The fraction of sp³-hybridized carbons (Fsp3) is 0.571. The maximum Gasteiger partial charge on any atom is 0.337 e. The van der Waals surface area contributed by atoms with Crippen LogP contribution in [0.3, 0.4) is 0 Å². The molecule has 0 aromatic carbocycles. The Labute approximate surface area is 118 Å². The molecular weight excluding hydrogens is 258 g/mol. The zero-order valence-corrected chi connectivity index (χ0v) is 12.0. The molecule has 1 saturated carbocycles. The summed E-state index contributed by atoms with van der Waals surface area (Å²) in [6.07, 6.45) is 2.48. The molecule has 1 heterocycles. The van der Waals surface area contributed by atoms with Crippen LogP contribution in [0, 0.1) is 5.41 Å². The molecule has 2 atom stereocenters. The van der Waals surface area contributed by atoms with Gasteiger partial charge in [0.1, 0.15) is 5.82 Å². The molecule has 1 fully saturated rings. The van der Waals surface area contributed by atoms with Crippen molar-refractivity contribution < 1.29 is 14.6 Å². The predicted molar refractivity (Wildman–Crippen MR) is 76.8 cm³/mol. The molecule has 20 heavy (non-hydrogen) atoms. The number of carboxylic acids is 1. The van der Waals surface area contributed by atoms with Gasteiger partial charge in [0.15, 0.2) is 0 Å². The summed E-state index contributed by atoms with van der Waals surface area (Å²) < 4.78 is 5.67. The largest absolute Gasteiger partial charge is 0.478 e. The van der Waals surface area contributed by atoms with Gasteiger partial charge in [0.2, 0.25) is 0 Å². The second-order valence-corrected chi connectivity index (χ2v) is 5.66. The minimum absolute atomic E-state index is 0.0114. The Morgan fingerprint density at radius 1 is 1.65 bits per heavy atom. The van der Waals surface area contributed by atoms with Gasteiger partial charge >= 0.3 is 5.97 Å². The van der Waals surface area contributed by atoms with E-state index in [1.54, 1.807) is 0 Å². The minimum Gasteiger partial charge on any atom is -0.478 e. The van der Waals surface area contributed by atoms with Crippen molar-refractivity contribution >= 4 is 17.5 Å². The zero-order chi connectivity index (χ0) is 14.9. The number of nitrogen functional groups attached to an aromatic ring is 1. The molecule has 0 amide bonds. The average molecular weight is 279 g/mol. The van der Waals surface area contributed by atoms with Crippen molar-refractivity contribution in [1.29, 1.82) is 0 Å². The lowest BCUT2D eigenvalue weighted by molar-refractivity contribution is -0.0976. The van der Waals surface area contributed by atoms with Gasteiger partial charge in [-0.15, -0.1) is 0 Å². The number of nitrogens with two attached hydrogens (primary N) is 1. The Balaban J connectivity index is 2.09. The summed E-state index contributed by atoms with van der Waals surface area (Å²) >= 11 is 0. The number of carboxylic acid groups (broad SMARTS) is 1. The number of anilines is 2. The van der Waals surface area contributed by atoms with Crippen LogP contribution in [-0.2, 0) is 4.74 Å². The van der Waals surface area contributed by atoms with E-state index in [1.807, 2.05) is 6.92 Å². The van der Waals surface area contributed by atoms with Crippen molar-refractivity contribution in [3.63, 3.8) is 0 Å². The summed E-state index contributed by atoms with van der Waals surface area (Å²) in [7, 11) is 0.